The van der Waals surface area contributed by atoms with E-state index in [1.165, 1.54) is 24.0 Å². The number of allylic oxidation sites excluding steroid dienone is 1. The van der Waals surface area contributed by atoms with Crippen LogP contribution >= 0.6 is 10.6 Å². The smallest absolute Gasteiger partial charge is 0.414 e. The molecule has 10 heteroatoms. The lowest BCUT2D eigenvalue weighted by atomic mass is 9.92. The first-order valence-corrected chi connectivity index (χ1v) is 10.0. The van der Waals surface area contributed by atoms with Gasteiger partial charge in [0.2, 0.25) is 5.91 Å². The zero-order valence-corrected chi connectivity index (χ0v) is 15.3. The molecule has 0 aliphatic carbocycles. The number of alkyl halides is 1. The first-order chi connectivity index (χ1) is 12.6. The highest BCUT2D eigenvalue weighted by Gasteiger charge is 2.38. The van der Waals surface area contributed by atoms with Crippen molar-refractivity contribution in [1.82, 2.24) is 5.32 Å². The summed E-state index contributed by atoms with van der Waals surface area (Å²) in [5.41, 5.74) is -2.18. The topological polar surface area (TPSA) is 99.1 Å². The van der Waals surface area contributed by atoms with Crippen LogP contribution in [-0.2, 0) is 15.2 Å². The number of hydrogen-bond donors (Lipinski definition) is 3. The Kier molecular flexibility index (Phi) is 5.15. The predicted octanol–water partition coefficient (Wildman–Crippen LogP) is 3.12. The molecule has 2 heterocycles. The van der Waals surface area contributed by atoms with E-state index in [1.54, 1.807) is 0 Å². The van der Waals surface area contributed by atoms with Gasteiger partial charge in [-0.3, -0.25) is 18.8 Å². The minimum Gasteiger partial charge on any atom is -0.442 e. The third kappa shape index (κ3) is 4.23. The van der Waals surface area contributed by atoms with Gasteiger partial charge in [0, 0.05) is 30.1 Å². The molecule has 1 aromatic carbocycles. The van der Waals surface area contributed by atoms with Crippen LogP contribution in [0, 0.1) is 5.82 Å². The molecular weight excluding hydrogens is 382 g/mol. The SMILES string of the molecule is CC(=O)NC[C@H]1CN(c2ccc(C3(F)C=CS(O)(O)CC3)c(F)c2)C(=O)O1. The van der Waals surface area contributed by atoms with Gasteiger partial charge in [-0.15, -0.1) is 0 Å². The van der Waals surface area contributed by atoms with E-state index < -0.39 is 34.3 Å². The number of carbonyl (C=O) groups is 2. The summed E-state index contributed by atoms with van der Waals surface area (Å²) >= 11 is 0. The van der Waals surface area contributed by atoms with E-state index in [1.807, 2.05) is 0 Å². The van der Waals surface area contributed by atoms with Gasteiger partial charge in [-0.05, 0) is 18.2 Å². The third-order valence-corrected chi connectivity index (χ3v) is 5.86. The van der Waals surface area contributed by atoms with Crippen molar-refractivity contribution in [2.24, 2.45) is 0 Å². The Morgan fingerprint density at radius 1 is 1.48 bits per heavy atom. The lowest BCUT2D eigenvalue weighted by Crippen LogP contribution is -2.33. The summed E-state index contributed by atoms with van der Waals surface area (Å²) in [5.74, 6) is -1.30. The number of anilines is 1. The van der Waals surface area contributed by atoms with Crippen LogP contribution in [0.2, 0.25) is 0 Å². The maximum absolute atomic E-state index is 15.1. The molecule has 2 amide bonds. The first-order valence-electron chi connectivity index (χ1n) is 8.26. The van der Waals surface area contributed by atoms with E-state index in [0.717, 1.165) is 17.6 Å². The second-order valence-electron chi connectivity index (χ2n) is 6.55. The number of nitrogens with one attached hydrogen (secondary N) is 1. The number of benzene rings is 1. The molecule has 3 rings (SSSR count). The van der Waals surface area contributed by atoms with Gasteiger partial charge in [-0.1, -0.05) is 6.07 Å². The number of nitrogens with zero attached hydrogens (tertiary/aromatic N) is 1. The van der Waals surface area contributed by atoms with Crippen molar-refractivity contribution < 1.29 is 32.2 Å². The molecule has 0 aromatic heterocycles. The molecule has 1 saturated heterocycles. The Labute approximate surface area is 156 Å². The van der Waals surface area contributed by atoms with E-state index in [0.29, 0.717) is 0 Å². The minimum absolute atomic E-state index is 0.124. The Morgan fingerprint density at radius 3 is 2.81 bits per heavy atom. The summed E-state index contributed by atoms with van der Waals surface area (Å²) in [6.07, 6.45) is -0.536. The van der Waals surface area contributed by atoms with Crippen molar-refractivity contribution in [3.05, 3.63) is 41.1 Å². The van der Waals surface area contributed by atoms with Crippen molar-refractivity contribution in [2.45, 2.75) is 25.1 Å². The monoisotopic (exact) mass is 402 g/mol. The summed E-state index contributed by atoms with van der Waals surface area (Å²) < 4.78 is 53.8. The van der Waals surface area contributed by atoms with Crippen LogP contribution < -0.4 is 10.2 Å². The quantitative estimate of drug-likeness (QED) is 0.719. The van der Waals surface area contributed by atoms with E-state index in [9.17, 15) is 23.1 Å². The van der Waals surface area contributed by atoms with Crippen LogP contribution in [0.1, 0.15) is 18.9 Å². The fourth-order valence-electron chi connectivity index (χ4n) is 3.00. The van der Waals surface area contributed by atoms with E-state index in [-0.39, 0.29) is 42.4 Å². The molecular formula is C17H20F2N2O5S. The number of ether oxygens (including phenoxy) is 1. The molecule has 1 fully saturated rings. The molecule has 3 N–H and O–H groups in total. The Bertz CT molecular complexity index is 804. The van der Waals surface area contributed by atoms with Crippen molar-refractivity contribution >= 4 is 28.3 Å². The van der Waals surface area contributed by atoms with Crippen molar-refractivity contribution in [3.8, 4) is 0 Å². The second-order valence-corrected chi connectivity index (χ2v) is 8.67. The van der Waals surface area contributed by atoms with E-state index in [4.69, 9.17) is 4.74 Å². The summed E-state index contributed by atoms with van der Waals surface area (Å²) in [7, 11) is -2.96. The molecule has 0 saturated carbocycles. The maximum atomic E-state index is 15.1. The van der Waals surface area contributed by atoms with Crippen LogP contribution in [-0.4, -0.2) is 46.1 Å². The maximum Gasteiger partial charge on any atom is 0.414 e. The summed E-state index contributed by atoms with van der Waals surface area (Å²) in [6.45, 7) is 1.61. The van der Waals surface area contributed by atoms with Crippen LogP contribution in [0.25, 0.3) is 0 Å². The van der Waals surface area contributed by atoms with Crippen LogP contribution in [0.15, 0.2) is 29.7 Å². The Hall–Kier alpha value is -2.17. The fraction of sp³-hybridized carbons (Fsp3) is 0.412. The molecule has 148 valence electrons. The van der Waals surface area contributed by atoms with Gasteiger partial charge in [0.1, 0.15) is 11.9 Å². The Balaban J connectivity index is 1.77. The normalized spacial score (nSPS) is 28.0. The number of carbonyl (C=O) groups excluding carboxylic acids is 2. The summed E-state index contributed by atoms with van der Waals surface area (Å²) in [5, 5.41) is 3.52. The molecule has 7 nitrogen and oxygen atoms in total. The number of hydrogen-bond acceptors (Lipinski definition) is 5. The molecule has 2 atom stereocenters. The highest BCUT2D eigenvalue weighted by atomic mass is 32.3. The average molecular weight is 402 g/mol. The van der Waals surface area contributed by atoms with E-state index >= 15 is 4.39 Å². The fourth-order valence-corrected chi connectivity index (χ4v) is 4.16. The summed E-state index contributed by atoms with van der Waals surface area (Å²) in [6, 6.07) is 3.68. The van der Waals surface area contributed by atoms with Gasteiger partial charge < -0.3 is 10.1 Å². The second kappa shape index (κ2) is 7.10. The van der Waals surface area contributed by atoms with E-state index in [2.05, 4.69) is 5.32 Å². The van der Waals surface area contributed by atoms with Gasteiger partial charge in [-0.25, -0.2) is 13.6 Å². The zero-order valence-electron chi connectivity index (χ0n) is 14.5. The molecule has 1 aromatic rings. The van der Waals surface area contributed by atoms with Crippen LogP contribution in [0.3, 0.4) is 0 Å². The van der Waals surface area contributed by atoms with Crippen molar-refractivity contribution in [2.75, 3.05) is 23.7 Å². The van der Waals surface area contributed by atoms with Gasteiger partial charge in [0.15, 0.2) is 5.67 Å². The van der Waals surface area contributed by atoms with Crippen molar-refractivity contribution in [3.63, 3.8) is 0 Å². The Morgan fingerprint density at radius 2 is 2.22 bits per heavy atom. The van der Waals surface area contributed by atoms with Gasteiger partial charge in [-0.2, -0.15) is 10.6 Å². The predicted molar refractivity (Wildman–Crippen MR) is 97.0 cm³/mol. The average Bonchev–Trinajstić information content (AvgIpc) is 2.97. The summed E-state index contributed by atoms with van der Waals surface area (Å²) in [4.78, 5) is 24.1. The lowest BCUT2D eigenvalue weighted by Gasteiger charge is -2.37. The number of halogens is 2. The van der Waals surface area contributed by atoms with Crippen LogP contribution in [0.5, 0.6) is 0 Å². The molecule has 0 radical (unpaired) electrons. The highest BCUT2D eigenvalue weighted by Crippen LogP contribution is 2.50. The molecule has 0 spiro atoms. The molecule has 27 heavy (non-hydrogen) atoms. The van der Waals surface area contributed by atoms with Crippen LogP contribution in [0.4, 0.5) is 19.3 Å². The van der Waals surface area contributed by atoms with Gasteiger partial charge >= 0.3 is 6.09 Å². The minimum atomic E-state index is -2.96. The zero-order chi connectivity index (χ0) is 19.8. The molecule has 2 aliphatic heterocycles. The molecule has 1 unspecified atom stereocenters. The highest BCUT2D eigenvalue weighted by molar-refractivity contribution is 8.26. The standard InChI is InChI=1S/C17H20F2N2O5S/c1-11(22)20-9-13-10-21(16(23)26-13)12-2-3-14(15(18)8-12)17(19)4-6-27(24,25)7-5-17/h2-4,6,8,13,24-25H,5,7,9-10H2,1H3,(H,20,22)/t13-,17?/m0/s1. The lowest BCUT2D eigenvalue weighted by molar-refractivity contribution is -0.119. The van der Waals surface area contributed by atoms with Gasteiger partial charge in [0.05, 0.1) is 18.8 Å². The number of cyclic esters (lactones) is 1. The molecule has 2 aliphatic rings. The van der Waals surface area contributed by atoms with Crippen molar-refractivity contribution in [1.29, 1.82) is 0 Å². The molecule has 0 bridgehead atoms. The van der Waals surface area contributed by atoms with Gasteiger partial charge in [0.25, 0.3) is 0 Å². The number of amides is 2. The first kappa shape index (κ1) is 19.6. The number of rotatable bonds is 4. The third-order valence-electron chi connectivity index (χ3n) is 4.48. The largest absolute Gasteiger partial charge is 0.442 e.